The lowest BCUT2D eigenvalue weighted by Gasteiger charge is -1.88. The fraction of sp³-hybridized carbons (Fsp3) is 0. The van der Waals surface area contributed by atoms with Crippen LogP contribution in [0.2, 0.25) is 0 Å². The van der Waals surface area contributed by atoms with Crippen LogP contribution in [0.5, 0.6) is 0 Å². The molecular formula is C14H14S. The Hall–Kier alpha value is -1.60. The maximum Gasteiger partial charge on any atom is 0.0355 e. The topological polar surface area (TPSA) is 0 Å². The van der Waals surface area contributed by atoms with Gasteiger partial charge in [-0.3, -0.25) is 0 Å². The fourth-order valence-electron chi connectivity index (χ4n) is 1.38. The molecule has 0 saturated carbocycles. The third-order valence-electron chi connectivity index (χ3n) is 1.98. The van der Waals surface area contributed by atoms with Crippen LogP contribution < -0.4 is 9.75 Å². The molecule has 15 heavy (non-hydrogen) atoms. The van der Waals surface area contributed by atoms with Crippen molar-refractivity contribution in [3.05, 3.63) is 58.7 Å². The van der Waals surface area contributed by atoms with Crippen LogP contribution in [0, 0.1) is 0 Å². The van der Waals surface area contributed by atoms with Crippen LogP contribution in [-0.4, -0.2) is 0 Å². The molecule has 1 heterocycles. The van der Waals surface area contributed by atoms with Gasteiger partial charge in [-0.1, -0.05) is 56.7 Å². The van der Waals surface area contributed by atoms with E-state index in [1.165, 1.54) is 0 Å². The van der Waals surface area contributed by atoms with Crippen LogP contribution in [-0.2, 0) is 0 Å². The predicted molar refractivity (Wildman–Crippen MR) is 73.1 cm³/mol. The highest BCUT2D eigenvalue weighted by Crippen LogP contribution is 2.10. The molecule has 0 atom stereocenters. The van der Waals surface area contributed by atoms with Gasteiger partial charge in [0.05, 0.1) is 0 Å². The summed E-state index contributed by atoms with van der Waals surface area (Å²) >= 11 is 1.68. The van der Waals surface area contributed by atoms with E-state index < -0.39 is 0 Å². The number of hydrogen-bond donors (Lipinski definition) is 0. The van der Waals surface area contributed by atoms with Gasteiger partial charge in [0.15, 0.2) is 0 Å². The molecular weight excluding hydrogens is 200 g/mol. The van der Waals surface area contributed by atoms with Crippen molar-refractivity contribution >= 4 is 35.6 Å². The van der Waals surface area contributed by atoms with Crippen molar-refractivity contribution in [1.82, 2.24) is 0 Å². The highest BCUT2D eigenvalue weighted by atomic mass is 32.1. The quantitative estimate of drug-likeness (QED) is 0.723. The van der Waals surface area contributed by atoms with Gasteiger partial charge in [-0.05, 0) is 11.6 Å². The van der Waals surface area contributed by atoms with Crippen molar-refractivity contribution in [2.75, 3.05) is 0 Å². The minimum atomic E-state index is 1.11. The maximum atomic E-state index is 3.82. The van der Waals surface area contributed by atoms with Crippen molar-refractivity contribution in [3.8, 4) is 0 Å². The Kier molecular flexibility index (Phi) is 4.07. The summed E-state index contributed by atoms with van der Waals surface area (Å²) in [6, 6.07) is 0. The van der Waals surface area contributed by atoms with E-state index in [0.717, 1.165) is 20.2 Å². The second-order valence-electron chi connectivity index (χ2n) is 2.87. The van der Waals surface area contributed by atoms with E-state index in [1.807, 2.05) is 24.3 Å². The molecule has 0 radical (unpaired) electrons. The molecule has 0 bridgehead atoms. The largest absolute Gasteiger partial charge is 0.135 e. The molecule has 0 aromatic carbocycles. The molecule has 0 amide bonds. The van der Waals surface area contributed by atoms with Crippen LogP contribution in [0.4, 0.5) is 0 Å². The molecule has 1 rings (SSSR count). The van der Waals surface area contributed by atoms with Crippen LogP contribution >= 0.6 is 11.3 Å². The summed E-state index contributed by atoms with van der Waals surface area (Å²) in [5.74, 6) is 0. The summed E-state index contributed by atoms with van der Waals surface area (Å²) in [6.45, 7) is 15.0. The number of allylic oxidation sites excluding steroid dienone is 2. The lowest BCUT2D eigenvalue weighted by molar-refractivity contribution is 1.66. The van der Waals surface area contributed by atoms with Gasteiger partial charge in [0.2, 0.25) is 0 Å². The zero-order valence-electron chi connectivity index (χ0n) is 8.70. The second kappa shape index (κ2) is 5.32. The van der Waals surface area contributed by atoms with Crippen LogP contribution in [0.1, 0.15) is 10.4 Å². The highest BCUT2D eigenvalue weighted by molar-refractivity contribution is 7.11. The molecule has 1 aromatic heterocycles. The SMILES string of the molecule is C=C/C=c1/c(C=C)c(C=C)s/c1=C/C=C. The number of rotatable bonds is 4. The third-order valence-corrected chi connectivity index (χ3v) is 3.17. The monoisotopic (exact) mass is 214 g/mol. The number of hydrogen-bond acceptors (Lipinski definition) is 1. The first-order chi connectivity index (χ1) is 7.28. The van der Waals surface area contributed by atoms with Crippen molar-refractivity contribution in [2.45, 2.75) is 0 Å². The number of thiophene rings is 1. The Balaban J connectivity index is 3.77. The Morgan fingerprint density at radius 1 is 0.867 bits per heavy atom. The highest BCUT2D eigenvalue weighted by Gasteiger charge is 2.01. The lowest BCUT2D eigenvalue weighted by Crippen LogP contribution is -2.19. The minimum absolute atomic E-state index is 1.11. The van der Waals surface area contributed by atoms with Gasteiger partial charge in [0.1, 0.15) is 0 Å². The van der Waals surface area contributed by atoms with Gasteiger partial charge in [-0.25, -0.2) is 0 Å². The molecule has 0 aliphatic rings. The summed E-state index contributed by atoms with van der Waals surface area (Å²) in [5.41, 5.74) is 1.11. The van der Waals surface area contributed by atoms with E-state index in [2.05, 4.69) is 26.3 Å². The standard InChI is InChI=1S/C14H14S/c1-5-9-12-11(7-3)13(8-4)15-14(12)10-6-2/h5-10H,1-4H2/b12-9-,14-10+. The lowest BCUT2D eigenvalue weighted by atomic mass is 10.2. The molecule has 0 aliphatic carbocycles. The van der Waals surface area contributed by atoms with Crippen LogP contribution in [0.3, 0.4) is 0 Å². The van der Waals surface area contributed by atoms with E-state index in [9.17, 15) is 0 Å². The molecule has 0 unspecified atom stereocenters. The van der Waals surface area contributed by atoms with Gasteiger partial charge in [-0.2, -0.15) is 0 Å². The van der Waals surface area contributed by atoms with Gasteiger partial charge >= 0.3 is 0 Å². The first-order valence-electron chi connectivity index (χ1n) is 4.61. The van der Waals surface area contributed by atoms with Crippen molar-refractivity contribution in [3.63, 3.8) is 0 Å². The van der Waals surface area contributed by atoms with Crippen molar-refractivity contribution in [1.29, 1.82) is 0 Å². The molecule has 0 N–H and O–H groups in total. The zero-order chi connectivity index (χ0) is 11.3. The Morgan fingerprint density at radius 3 is 2.00 bits per heavy atom. The zero-order valence-corrected chi connectivity index (χ0v) is 9.52. The fourth-order valence-corrected chi connectivity index (χ4v) is 2.45. The van der Waals surface area contributed by atoms with Crippen LogP contribution in [0.25, 0.3) is 24.3 Å². The summed E-state index contributed by atoms with van der Waals surface area (Å²) < 4.78 is 1.16. The summed E-state index contributed by atoms with van der Waals surface area (Å²) in [6.07, 6.45) is 11.2. The minimum Gasteiger partial charge on any atom is -0.135 e. The molecule has 76 valence electrons. The average Bonchev–Trinajstić information content (AvgIpc) is 2.57. The first kappa shape index (κ1) is 11.5. The smallest absolute Gasteiger partial charge is 0.0355 e. The van der Waals surface area contributed by atoms with E-state index in [-0.39, 0.29) is 0 Å². The average molecular weight is 214 g/mol. The summed E-state index contributed by atoms with van der Waals surface area (Å²) in [7, 11) is 0. The third kappa shape index (κ3) is 2.25. The molecule has 0 aliphatic heterocycles. The van der Waals surface area contributed by atoms with Gasteiger partial charge in [0, 0.05) is 14.6 Å². The van der Waals surface area contributed by atoms with E-state index in [0.29, 0.717) is 0 Å². The van der Waals surface area contributed by atoms with E-state index >= 15 is 0 Å². The van der Waals surface area contributed by atoms with Gasteiger partial charge in [0.25, 0.3) is 0 Å². The van der Waals surface area contributed by atoms with Crippen LogP contribution in [0.15, 0.2) is 38.5 Å². The maximum absolute atomic E-state index is 3.82. The second-order valence-corrected chi connectivity index (χ2v) is 3.95. The summed E-state index contributed by atoms with van der Waals surface area (Å²) in [4.78, 5) is 1.13. The molecule has 1 aromatic rings. The van der Waals surface area contributed by atoms with Gasteiger partial charge in [-0.15, -0.1) is 11.3 Å². The van der Waals surface area contributed by atoms with E-state index in [4.69, 9.17) is 0 Å². The Morgan fingerprint density at radius 2 is 1.53 bits per heavy atom. The molecule has 1 heteroatoms. The van der Waals surface area contributed by atoms with E-state index in [1.54, 1.807) is 23.5 Å². The molecule has 0 nitrogen and oxygen atoms in total. The Bertz CT molecular complexity index is 512. The van der Waals surface area contributed by atoms with Crippen molar-refractivity contribution in [2.24, 2.45) is 0 Å². The summed E-state index contributed by atoms with van der Waals surface area (Å²) in [5, 5.41) is 1.14. The molecule has 0 saturated heterocycles. The van der Waals surface area contributed by atoms with Crippen molar-refractivity contribution < 1.29 is 0 Å². The molecule has 0 spiro atoms. The molecule has 0 fully saturated rings. The predicted octanol–water partition coefficient (Wildman–Crippen LogP) is 2.97. The van der Waals surface area contributed by atoms with Gasteiger partial charge < -0.3 is 0 Å². The Labute approximate surface area is 94.6 Å². The first-order valence-corrected chi connectivity index (χ1v) is 5.43. The normalized spacial score (nSPS) is 12.5.